The third kappa shape index (κ3) is 4.98. The molecule has 2 aromatic carbocycles. The van der Waals surface area contributed by atoms with Crippen LogP contribution in [0.25, 0.3) is 11.6 Å². The average molecular weight is 444 g/mol. The van der Waals surface area contributed by atoms with Crippen LogP contribution in [0, 0.1) is 0 Å². The van der Waals surface area contributed by atoms with Gasteiger partial charge in [-0.15, -0.1) is 0 Å². The maximum atomic E-state index is 13.5. The summed E-state index contributed by atoms with van der Waals surface area (Å²) in [5.41, 5.74) is 2.68. The van der Waals surface area contributed by atoms with Gasteiger partial charge in [0.25, 0.3) is 0 Å². The molecule has 0 saturated carbocycles. The minimum atomic E-state index is -3.88. The number of hydrogen-bond donors (Lipinski definition) is 0. The third-order valence-electron chi connectivity index (χ3n) is 5.01. The SMILES string of the molecule is COC(=O)/C=C/c1cc(OC)c(OC)c(S(=O)(=O)N2CC=C(c3ccccc3)CC2)c1. The van der Waals surface area contributed by atoms with Gasteiger partial charge in [-0.25, -0.2) is 13.2 Å². The minimum absolute atomic E-state index is 0.0181. The number of carbonyl (C=O) groups is 1. The summed E-state index contributed by atoms with van der Waals surface area (Å²) in [5, 5.41) is 0. The number of rotatable bonds is 7. The standard InChI is InChI=1S/C23H25NO6S/c1-28-20-15-17(9-10-22(25)29-2)16-21(23(20)30-3)31(26,27)24-13-11-19(12-14-24)18-7-5-4-6-8-18/h4-11,15-16H,12-14H2,1-3H3/b10-9+. The number of sulfonamides is 1. The van der Waals surface area contributed by atoms with E-state index in [0.717, 1.165) is 11.1 Å². The van der Waals surface area contributed by atoms with Crippen LogP contribution in [0.3, 0.4) is 0 Å². The van der Waals surface area contributed by atoms with Crippen LogP contribution in [0.4, 0.5) is 0 Å². The highest BCUT2D eigenvalue weighted by Gasteiger charge is 2.31. The Balaban J connectivity index is 1.97. The van der Waals surface area contributed by atoms with E-state index in [2.05, 4.69) is 4.74 Å². The van der Waals surface area contributed by atoms with Gasteiger partial charge in [0, 0.05) is 19.2 Å². The van der Waals surface area contributed by atoms with E-state index in [4.69, 9.17) is 9.47 Å². The summed E-state index contributed by atoms with van der Waals surface area (Å²) in [6.45, 7) is 0.594. The lowest BCUT2D eigenvalue weighted by Gasteiger charge is -2.27. The molecule has 31 heavy (non-hydrogen) atoms. The molecule has 0 atom stereocenters. The van der Waals surface area contributed by atoms with Crippen LogP contribution in [0.5, 0.6) is 11.5 Å². The Kier molecular flexibility index (Phi) is 7.14. The monoisotopic (exact) mass is 443 g/mol. The number of nitrogens with zero attached hydrogens (tertiary/aromatic N) is 1. The number of hydrogen-bond acceptors (Lipinski definition) is 6. The van der Waals surface area contributed by atoms with Crippen molar-refractivity contribution in [3.63, 3.8) is 0 Å². The van der Waals surface area contributed by atoms with E-state index in [0.29, 0.717) is 18.5 Å². The first kappa shape index (κ1) is 22.6. The van der Waals surface area contributed by atoms with E-state index < -0.39 is 16.0 Å². The lowest BCUT2D eigenvalue weighted by Crippen LogP contribution is -2.35. The Morgan fingerprint density at radius 3 is 2.39 bits per heavy atom. The Bertz CT molecular complexity index is 1110. The van der Waals surface area contributed by atoms with E-state index in [-0.39, 0.29) is 22.9 Å². The number of carbonyl (C=O) groups excluding carboxylic acids is 1. The largest absolute Gasteiger partial charge is 0.493 e. The molecule has 8 heteroatoms. The Morgan fingerprint density at radius 1 is 1.06 bits per heavy atom. The van der Waals surface area contributed by atoms with Crippen molar-refractivity contribution >= 4 is 27.6 Å². The molecular weight excluding hydrogens is 418 g/mol. The molecule has 0 bridgehead atoms. The summed E-state index contributed by atoms with van der Waals surface area (Å²) < 4.78 is 43.7. The normalized spacial score (nSPS) is 14.9. The number of benzene rings is 2. The lowest BCUT2D eigenvalue weighted by atomic mass is 10.0. The molecule has 0 amide bonds. The van der Waals surface area contributed by atoms with Gasteiger partial charge < -0.3 is 14.2 Å². The predicted molar refractivity (Wildman–Crippen MR) is 118 cm³/mol. The van der Waals surface area contributed by atoms with Gasteiger partial charge in [-0.05, 0) is 41.3 Å². The molecule has 1 aliphatic heterocycles. The number of methoxy groups -OCH3 is 3. The fourth-order valence-electron chi connectivity index (χ4n) is 3.39. The molecule has 0 fully saturated rings. The molecule has 1 heterocycles. The first-order chi connectivity index (χ1) is 14.9. The van der Waals surface area contributed by atoms with E-state index in [1.165, 1.54) is 43.9 Å². The van der Waals surface area contributed by atoms with Crippen LogP contribution in [-0.4, -0.2) is 53.1 Å². The first-order valence-corrected chi connectivity index (χ1v) is 11.1. The Morgan fingerprint density at radius 2 is 1.81 bits per heavy atom. The van der Waals surface area contributed by atoms with Crippen molar-refractivity contribution in [2.45, 2.75) is 11.3 Å². The van der Waals surface area contributed by atoms with Crippen molar-refractivity contribution < 1.29 is 27.4 Å². The number of esters is 1. The third-order valence-corrected chi connectivity index (χ3v) is 6.89. The molecule has 3 rings (SSSR count). The van der Waals surface area contributed by atoms with Crippen LogP contribution in [0.2, 0.25) is 0 Å². The predicted octanol–water partition coefficient (Wildman–Crippen LogP) is 3.37. The molecule has 0 saturated heterocycles. The maximum absolute atomic E-state index is 13.5. The summed E-state index contributed by atoms with van der Waals surface area (Å²) in [7, 11) is 0.214. The van der Waals surface area contributed by atoms with Crippen molar-refractivity contribution in [3.8, 4) is 11.5 Å². The van der Waals surface area contributed by atoms with Gasteiger partial charge in [-0.3, -0.25) is 0 Å². The summed E-state index contributed by atoms with van der Waals surface area (Å²) in [4.78, 5) is 11.4. The molecule has 0 aromatic heterocycles. The molecule has 0 unspecified atom stereocenters. The smallest absolute Gasteiger partial charge is 0.330 e. The summed E-state index contributed by atoms with van der Waals surface area (Å²) in [5.74, 6) is -0.171. The van der Waals surface area contributed by atoms with Crippen molar-refractivity contribution in [2.75, 3.05) is 34.4 Å². The minimum Gasteiger partial charge on any atom is -0.493 e. The van der Waals surface area contributed by atoms with Gasteiger partial charge in [0.05, 0.1) is 21.3 Å². The zero-order valence-corrected chi connectivity index (χ0v) is 18.5. The Hall–Kier alpha value is -3.10. The molecule has 2 aromatic rings. The summed E-state index contributed by atoms with van der Waals surface area (Å²) >= 11 is 0. The molecule has 0 radical (unpaired) electrons. The molecule has 0 aliphatic carbocycles. The lowest BCUT2D eigenvalue weighted by molar-refractivity contribution is -0.134. The van der Waals surface area contributed by atoms with Crippen LogP contribution in [0.15, 0.2) is 59.5 Å². The molecule has 0 spiro atoms. The highest BCUT2D eigenvalue weighted by atomic mass is 32.2. The van der Waals surface area contributed by atoms with Crippen molar-refractivity contribution in [2.24, 2.45) is 0 Å². The Labute approximate surface area is 182 Å². The van der Waals surface area contributed by atoms with Crippen LogP contribution >= 0.6 is 0 Å². The van der Waals surface area contributed by atoms with Crippen molar-refractivity contribution in [1.29, 1.82) is 0 Å². The molecule has 164 valence electrons. The highest BCUT2D eigenvalue weighted by Crippen LogP contribution is 2.38. The van der Waals surface area contributed by atoms with Gasteiger partial charge in [0.2, 0.25) is 10.0 Å². The van der Waals surface area contributed by atoms with Gasteiger partial charge in [0.1, 0.15) is 4.90 Å². The van der Waals surface area contributed by atoms with Gasteiger partial charge in [-0.1, -0.05) is 36.4 Å². The van der Waals surface area contributed by atoms with E-state index >= 15 is 0 Å². The van der Waals surface area contributed by atoms with Crippen LogP contribution in [0.1, 0.15) is 17.5 Å². The second-order valence-corrected chi connectivity index (χ2v) is 8.73. The zero-order chi connectivity index (χ0) is 22.4. The molecule has 7 nitrogen and oxygen atoms in total. The number of ether oxygens (including phenoxy) is 3. The van der Waals surface area contributed by atoms with Gasteiger partial charge in [-0.2, -0.15) is 4.31 Å². The van der Waals surface area contributed by atoms with Gasteiger partial charge in [0.15, 0.2) is 11.5 Å². The zero-order valence-electron chi connectivity index (χ0n) is 17.7. The van der Waals surface area contributed by atoms with E-state index in [1.54, 1.807) is 6.07 Å². The fourth-order valence-corrected chi connectivity index (χ4v) is 4.98. The van der Waals surface area contributed by atoms with Crippen molar-refractivity contribution in [1.82, 2.24) is 4.31 Å². The van der Waals surface area contributed by atoms with E-state index in [1.807, 2.05) is 36.4 Å². The van der Waals surface area contributed by atoms with E-state index in [9.17, 15) is 13.2 Å². The van der Waals surface area contributed by atoms with Crippen LogP contribution in [-0.2, 0) is 19.6 Å². The first-order valence-electron chi connectivity index (χ1n) is 9.67. The summed E-state index contributed by atoms with van der Waals surface area (Å²) in [6.07, 6.45) is 5.22. The summed E-state index contributed by atoms with van der Waals surface area (Å²) in [6, 6.07) is 13.0. The quantitative estimate of drug-likeness (QED) is 0.482. The second-order valence-electron chi connectivity index (χ2n) is 6.82. The molecule has 1 aliphatic rings. The van der Waals surface area contributed by atoms with Crippen LogP contribution < -0.4 is 9.47 Å². The molecular formula is C23H25NO6S. The highest BCUT2D eigenvalue weighted by molar-refractivity contribution is 7.89. The van der Waals surface area contributed by atoms with Crippen molar-refractivity contribution in [3.05, 3.63) is 65.7 Å². The molecule has 0 N–H and O–H groups in total. The maximum Gasteiger partial charge on any atom is 0.330 e. The second kappa shape index (κ2) is 9.80. The topological polar surface area (TPSA) is 82.1 Å². The van der Waals surface area contributed by atoms with Gasteiger partial charge >= 0.3 is 5.97 Å². The average Bonchev–Trinajstić information content (AvgIpc) is 2.82. The fraction of sp³-hybridized carbons (Fsp3) is 0.261.